The molecular weight excluding hydrogens is 698 g/mol. The Hall–Kier alpha value is -6.55. The van der Waals surface area contributed by atoms with E-state index in [4.69, 9.17) is 10.3 Å². The van der Waals surface area contributed by atoms with Crippen LogP contribution in [-0.2, 0) is 12.1 Å². The monoisotopic (exact) mass is 736 g/mol. The quantitative estimate of drug-likeness (QED) is 0.0945. The van der Waals surface area contributed by atoms with Gasteiger partial charge in [-0.2, -0.15) is 0 Å². The van der Waals surface area contributed by atoms with Crippen LogP contribution in [-0.4, -0.2) is 37.7 Å². The van der Waals surface area contributed by atoms with E-state index in [-0.39, 0.29) is 6.54 Å². The molecule has 0 radical (unpaired) electrons. The second-order valence-corrected chi connectivity index (χ2v) is 13.3. The van der Waals surface area contributed by atoms with Crippen molar-refractivity contribution in [2.75, 3.05) is 11.9 Å². The molecule has 10 heteroatoms. The van der Waals surface area contributed by atoms with Crippen LogP contribution in [0.3, 0.4) is 0 Å². The molecule has 7 nitrogen and oxygen atoms in total. The lowest BCUT2D eigenvalue weighted by Gasteiger charge is -2.36. The molecule has 1 heterocycles. The number of carbonyl (C=O) groups excluding carboxylic acids is 1. The number of nitrogens with zero attached hydrogens (tertiary/aromatic N) is 5. The number of carbonyl (C=O) groups is 1. The molecule has 0 bridgehead atoms. The van der Waals surface area contributed by atoms with Crippen LogP contribution in [0.25, 0.3) is 22.5 Å². The fraction of sp³-hybridized carbons (Fsp3) is 0.156. The molecule has 0 spiro atoms. The van der Waals surface area contributed by atoms with Crippen LogP contribution in [0.1, 0.15) is 48.4 Å². The van der Waals surface area contributed by atoms with Gasteiger partial charge in [-0.3, -0.25) is 0 Å². The van der Waals surface area contributed by atoms with Gasteiger partial charge in [0, 0.05) is 30.8 Å². The number of rotatable bonds is 13. The van der Waals surface area contributed by atoms with E-state index in [2.05, 4.69) is 46.9 Å². The first-order chi connectivity index (χ1) is 26.9. The summed E-state index contributed by atoms with van der Waals surface area (Å²) in [5.41, 5.74) is 4.36. The van der Waals surface area contributed by atoms with Crippen LogP contribution in [0.15, 0.2) is 152 Å². The summed E-state index contributed by atoms with van der Waals surface area (Å²) in [5, 5.41) is 16.1. The summed E-state index contributed by atoms with van der Waals surface area (Å²) >= 11 is 0. The third kappa shape index (κ3) is 7.62. The SMILES string of the molecule is CCCCCN(Cc1ccc(-c2ccccc2)c(-c2nnnn2C(c2ccccc2)(c2ccccc2)c2ccccc2)c1)C(=O)Nc1c(F)cc(F)cc1F. The molecule has 0 aliphatic heterocycles. The molecule has 55 heavy (non-hydrogen) atoms. The molecule has 7 rings (SSSR count). The zero-order valence-electron chi connectivity index (χ0n) is 30.2. The van der Waals surface area contributed by atoms with Crippen molar-refractivity contribution in [2.45, 2.75) is 38.3 Å². The lowest BCUT2D eigenvalue weighted by Crippen LogP contribution is -2.39. The van der Waals surface area contributed by atoms with Gasteiger partial charge < -0.3 is 10.2 Å². The molecule has 1 N–H and O–H groups in total. The minimum Gasteiger partial charge on any atom is -0.320 e. The molecule has 0 unspecified atom stereocenters. The number of amides is 2. The molecular formula is C45H39F3N6O. The van der Waals surface area contributed by atoms with Crippen LogP contribution in [0.4, 0.5) is 23.7 Å². The van der Waals surface area contributed by atoms with E-state index in [0.29, 0.717) is 36.5 Å². The number of halogens is 3. The fourth-order valence-corrected chi connectivity index (χ4v) is 7.10. The highest BCUT2D eigenvalue weighted by Crippen LogP contribution is 2.43. The first-order valence-electron chi connectivity index (χ1n) is 18.2. The number of hydrogen-bond acceptors (Lipinski definition) is 4. The van der Waals surface area contributed by atoms with Gasteiger partial charge in [-0.25, -0.2) is 22.6 Å². The first-order valence-corrected chi connectivity index (χ1v) is 18.2. The van der Waals surface area contributed by atoms with Crippen LogP contribution in [0, 0.1) is 17.5 Å². The molecule has 0 fully saturated rings. The summed E-state index contributed by atoms with van der Waals surface area (Å²) < 4.78 is 44.8. The molecule has 0 atom stereocenters. The third-order valence-corrected chi connectivity index (χ3v) is 9.70. The van der Waals surface area contributed by atoms with E-state index in [1.165, 1.54) is 4.90 Å². The van der Waals surface area contributed by atoms with E-state index < -0.39 is 34.7 Å². The molecule has 0 saturated carbocycles. The number of hydrogen-bond donors (Lipinski definition) is 1. The van der Waals surface area contributed by atoms with Crippen LogP contribution < -0.4 is 5.32 Å². The second kappa shape index (κ2) is 16.6. The Morgan fingerprint density at radius 1 is 0.691 bits per heavy atom. The van der Waals surface area contributed by atoms with E-state index in [1.54, 1.807) is 0 Å². The minimum atomic E-state index is -1.19. The van der Waals surface area contributed by atoms with E-state index in [0.717, 1.165) is 46.2 Å². The summed E-state index contributed by atoms with van der Waals surface area (Å²) in [7, 11) is 0. The van der Waals surface area contributed by atoms with E-state index in [9.17, 15) is 18.0 Å². The minimum absolute atomic E-state index is 0.102. The maximum Gasteiger partial charge on any atom is 0.322 e. The van der Waals surface area contributed by atoms with Crippen molar-refractivity contribution in [3.05, 3.63) is 191 Å². The average Bonchev–Trinajstić information content (AvgIpc) is 3.71. The van der Waals surface area contributed by atoms with Gasteiger partial charge in [0.1, 0.15) is 17.0 Å². The lowest BCUT2D eigenvalue weighted by molar-refractivity contribution is 0.207. The highest BCUT2D eigenvalue weighted by atomic mass is 19.1. The molecule has 0 aliphatic rings. The number of tetrazole rings is 1. The highest BCUT2D eigenvalue weighted by Gasteiger charge is 2.42. The van der Waals surface area contributed by atoms with Gasteiger partial charge >= 0.3 is 6.03 Å². The van der Waals surface area contributed by atoms with Crippen molar-refractivity contribution in [2.24, 2.45) is 0 Å². The van der Waals surface area contributed by atoms with Gasteiger partial charge in [0.05, 0.1) is 0 Å². The Morgan fingerprint density at radius 2 is 1.24 bits per heavy atom. The number of benzene rings is 6. The Labute approximate surface area is 318 Å². The van der Waals surface area contributed by atoms with Gasteiger partial charge in [0.25, 0.3) is 0 Å². The van der Waals surface area contributed by atoms with Gasteiger partial charge in [-0.1, -0.05) is 153 Å². The number of nitrogens with one attached hydrogen (secondary N) is 1. The molecule has 6 aromatic carbocycles. The molecule has 276 valence electrons. The Morgan fingerprint density at radius 3 is 1.78 bits per heavy atom. The molecule has 0 aliphatic carbocycles. The third-order valence-electron chi connectivity index (χ3n) is 9.70. The fourth-order valence-electron chi connectivity index (χ4n) is 7.10. The van der Waals surface area contributed by atoms with Crippen LogP contribution >= 0.6 is 0 Å². The zero-order valence-corrected chi connectivity index (χ0v) is 30.2. The van der Waals surface area contributed by atoms with Gasteiger partial charge in [-0.05, 0) is 56.3 Å². The smallest absolute Gasteiger partial charge is 0.320 e. The average molecular weight is 737 g/mol. The predicted molar refractivity (Wildman–Crippen MR) is 209 cm³/mol. The largest absolute Gasteiger partial charge is 0.322 e. The number of unbranched alkanes of at least 4 members (excludes halogenated alkanes) is 2. The maximum atomic E-state index is 14.7. The maximum absolute atomic E-state index is 14.7. The van der Waals surface area contributed by atoms with Crippen molar-refractivity contribution in [3.63, 3.8) is 0 Å². The summed E-state index contributed by atoms with van der Waals surface area (Å²) in [6, 6.07) is 46.5. The Bertz CT molecular complexity index is 2240. The van der Waals surface area contributed by atoms with Crippen molar-refractivity contribution >= 4 is 11.7 Å². The lowest BCUT2D eigenvalue weighted by atomic mass is 9.77. The Balaban J connectivity index is 1.39. The summed E-state index contributed by atoms with van der Waals surface area (Å²) in [6.45, 7) is 2.47. The summed E-state index contributed by atoms with van der Waals surface area (Å²) in [4.78, 5) is 15.2. The zero-order chi connectivity index (χ0) is 38.2. The van der Waals surface area contributed by atoms with Crippen molar-refractivity contribution in [3.8, 4) is 22.5 Å². The summed E-state index contributed by atoms with van der Waals surface area (Å²) in [5.74, 6) is -2.98. The standard InChI is InChI=1S/C45H39F3N6O/c1-2-3-16-27-53(44(55)49-42-40(47)29-37(46)30-41(42)48)31-32-25-26-38(33-17-8-4-9-18-33)39(28-32)43-50-51-52-54(43)45(34-19-10-5-11-20-34,35-21-12-6-13-22-35)36-23-14-7-15-24-36/h4-15,17-26,28-30H,2-3,16,27,31H2,1H3,(H,49,55). The van der Waals surface area contributed by atoms with Gasteiger partial charge in [-0.15, -0.1) is 5.10 Å². The van der Waals surface area contributed by atoms with E-state index >= 15 is 0 Å². The first kappa shape index (κ1) is 36.8. The number of anilines is 1. The molecule has 2 amide bonds. The molecule has 0 saturated heterocycles. The summed E-state index contributed by atoms with van der Waals surface area (Å²) in [6.07, 6.45) is 2.41. The normalized spacial score (nSPS) is 11.3. The topological polar surface area (TPSA) is 75.9 Å². The predicted octanol–water partition coefficient (Wildman–Crippen LogP) is 10.5. The van der Waals surface area contributed by atoms with E-state index in [1.807, 2.05) is 115 Å². The number of aromatic nitrogens is 4. The number of urea groups is 1. The van der Waals surface area contributed by atoms with Crippen molar-refractivity contribution in [1.29, 1.82) is 0 Å². The molecule has 1 aromatic heterocycles. The highest BCUT2D eigenvalue weighted by molar-refractivity contribution is 5.90. The van der Waals surface area contributed by atoms with Gasteiger partial charge in [0.15, 0.2) is 17.5 Å². The second-order valence-electron chi connectivity index (χ2n) is 13.3. The Kier molecular flexibility index (Phi) is 11.1. The van der Waals surface area contributed by atoms with Crippen LogP contribution in [0.5, 0.6) is 0 Å². The molecule has 7 aromatic rings. The van der Waals surface area contributed by atoms with Crippen LogP contribution in [0.2, 0.25) is 0 Å². The van der Waals surface area contributed by atoms with Crippen molar-refractivity contribution < 1.29 is 18.0 Å². The van der Waals surface area contributed by atoms with Crippen molar-refractivity contribution in [1.82, 2.24) is 25.1 Å². The van der Waals surface area contributed by atoms with Gasteiger partial charge in [0.2, 0.25) is 0 Å².